The van der Waals surface area contributed by atoms with E-state index in [1.165, 1.54) is 27.0 Å². The highest BCUT2D eigenvalue weighted by molar-refractivity contribution is 9.11. The van der Waals surface area contributed by atoms with Crippen LogP contribution in [0.4, 0.5) is 0 Å². The number of benzene rings is 1. The number of thiophene rings is 2. The summed E-state index contributed by atoms with van der Waals surface area (Å²) in [6.07, 6.45) is 0. The lowest BCUT2D eigenvalue weighted by atomic mass is 10.0. The molecule has 0 saturated carbocycles. The third kappa shape index (κ3) is 2.31. The molecule has 0 aliphatic rings. The highest BCUT2D eigenvalue weighted by Gasteiger charge is 2.19. The summed E-state index contributed by atoms with van der Waals surface area (Å²) in [5, 5.41) is 4.18. The number of aromatic nitrogens is 2. The van der Waals surface area contributed by atoms with E-state index in [0.29, 0.717) is 0 Å². The van der Waals surface area contributed by atoms with Gasteiger partial charge in [-0.05, 0) is 60.8 Å². The summed E-state index contributed by atoms with van der Waals surface area (Å²) in [5.41, 5.74) is 4.28. The molecule has 1 aromatic carbocycles. The molecule has 0 atom stereocenters. The Hall–Kier alpha value is -0.600. The summed E-state index contributed by atoms with van der Waals surface area (Å²) in [7, 11) is 0. The van der Waals surface area contributed by atoms with Crippen LogP contribution in [0, 0.1) is 0 Å². The molecule has 0 radical (unpaired) electrons. The number of halogens is 2. The standard InChI is InChI=1S/C14H6Br2N2S3/c15-8-3-5-19-13(8)7-1-2-10-12(18-21-17-10)11(7)14-9(16)4-6-20-14/h1-6H. The Morgan fingerprint density at radius 3 is 2.19 bits per heavy atom. The molecule has 0 saturated heterocycles. The largest absolute Gasteiger partial charge is 0.173 e. The monoisotopic (exact) mass is 456 g/mol. The van der Waals surface area contributed by atoms with Crippen LogP contribution in [0.5, 0.6) is 0 Å². The lowest BCUT2D eigenvalue weighted by Gasteiger charge is -2.08. The minimum atomic E-state index is 0.951. The van der Waals surface area contributed by atoms with E-state index in [-0.39, 0.29) is 0 Å². The summed E-state index contributed by atoms with van der Waals surface area (Å²) < 4.78 is 11.1. The molecule has 0 aliphatic carbocycles. The van der Waals surface area contributed by atoms with Crippen molar-refractivity contribution in [2.45, 2.75) is 0 Å². The van der Waals surface area contributed by atoms with E-state index in [2.05, 4.69) is 69.6 Å². The molecule has 3 aromatic heterocycles. The Kier molecular flexibility index (Phi) is 3.71. The second-order valence-corrected chi connectivity index (χ2v) is 8.38. The predicted octanol–water partition coefficient (Wildman–Crippen LogP) is 6.67. The Balaban J connectivity index is 2.12. The molecule has 0 N–H and O–H groups in total. The maximum Gasteiger partial charge on any atom is 0.114 e. The maximum absolute atomic E-state index is 4.52. The molecule has 21 heavy (non-hydrogen) atoms. The normalized spacial score (nSPS) is 11.3. The van der Waals surface area contributed by atoms with Crippen molar-refractivity contribution in [1.82, 2.24) is 8.75 Å². The molecule has 0 amide bonds. The van der Waals surface area contributed by atoms with Gasteiger partial charge in [0.05, 0.1) is 16.6 Å². The maximum atomic E-state index is 4.52. The van der Waals surface area contributed by atoms with Gasteiger partial charge in [0.25, 0.3) is 0 Å². The number of hydrogen-bond donors (Lipinski definition) is 0. The van der Waals surface area contributed by atoms with E-state index >= 15 is 0 Å². The zero-order valence-corrected chi connectivity index (χ0v) is 16.0. The fraction of sp³-hybridized carbons (Fsp3) is 0. The average Bonchev–Trinajstić information content (AvgIpc) is 3.18. The Morgan fingerprint density at radius 2 is 1.52 bits per heavy atom. The van der Waals surface area contributed by atoms with E-state index in [9.17, 15) is 0 Å². The van der Waals surface area contributed by atoms with Gasteiger partial charge < -0.3 is 0 Å². The number of nitrogens with zero attached hydrogens (tertiary/aromatic N) is 2. The highest BCUT2D eigenvalue weighted by Crippen LogP contribution is 2.46. The van der Waals surface area contributed by atoms with Gasteiger partial charge in [-0.15, -0.1) is 22.7 Å². The van der Waals surface area contributed by atoms with Gasteiger partial charge in [0.1, 0.15) is 11.0 Å². The van der Waals surface area contributed by atoms with Crippen molar-refractivity contribution in [3.63, 3.8) is 0 Å². The molecule has 7 heteroatoms. The third-order valence-corrected chi connectivity index (χ3v) is 7.40. The van der Waals surface area contributed by atoms with Crippen molar-refractivity contribution < 1.29 is 0 Å². The first-order valence-electron chi connectivity index (χ1n) is 5.97. The zero-order valence-electron chi connectivity index (χ0n) is 10.3. The minimum absolute atomic E-state index is 0.951. The zero-order chi connectivity index (χ0) is 14.4. The first kappa shape index (κ1) is 14.0. The highest BCUT2D eigenvalue weighted by atomic mass is 79.9. The van der Waals surface area contributed by atoms with E-state index < -0.39 is 0 Å². The molecule has 0 unspecified atom stereocenters. The van der Waals surface area contributed by atoms with Gasteiger partial charge in [-0.25, -0.2) is 0 Å². The van der Waals surface area contributed by atoms with Crippen LogP contribution in [0.15, 0.2) is 44.0 Å². The van der Waals surface area contributed by atoms with Crippen molar-refractivity contribution in [1.29, 1.82) is 0 Å². The molecule has 0 fully saturated rings. The topological polar surface area (TPSA) is 25.8 Å². The van der Waals surface area contributed by atoms with Gasteiger partial charge in [-0.2, -0.15) is 8.75 Å². The van der Waals surface area contributed by atoms with Crippen molar-refractivity contribution in [3.8, 4) is 20.9 Å². The second kappa shape index (κ2) is 5.55. The lowest BCUT2D eigenvalue weighted by molar-refractivity contribution is 1.62. The van der Waals surface area contributed by atoms with E-state index in [0.717, 1.165) is 25.5 Å². The first-order valence-corrected chi connectivity index (χ1v) is 10.1. The summed E-state index contributed by atoms with van der Waals surface area (Å²) in [4.78, 5) is 2.42. The van der Waals surface area contributed by atoms with Crippen LogP contribution < -0.4 is 0 Å². The van der Waals surface area contributed by atoms with Gasteiger partial charge in [-0.1, -0.05) is 6.07 Å². The molecule has 4 aromatic rings. The van der Waals surface area contributed by atoms with Gasteiger partial charge in [0, 0.05) is 24.9 Å². The Morgan fingerprint density at radius 1 is 0.810 bits per heavy atom. The van der Waals surface area contributed by atoms with Crippen molar-refractivity contribution in [2.75, 3.05) is 0 Å². The smallest absolute Gasteiger partial charge is 0.114 e. The molecular weight excluding hydrogens is 452 g/mol. The van der Waals surface area contributed by atoms with Crippen LogP contribution in [0.25, 0.3) is 31.9 Å². The Labute approximate surface area is 150 Å². The fourth-order valence-corrected chi connectivity index (χ4v) is 6.02. The number of hydrogen-bond acceptors (Lipinski definition) is 5. The molecule has 0 spiro atoms. The van der Waals surface area contributed by atoms with E-state index in [1.807, 2.05) is 6.07 Å². The molecular formula is C14H6Br2N2S3. The minimum Gasteiger partial charge on any atom is -0.173 e. The van der Waals surface area contributed by atoms with Gasteiger partial charge >= 0.3 is 0 Å². The predicted molar refractivity (Wildman–Crippen MR) is 99.4 cm³/mol. The van der Waals surface area contributed by atoms with Crippen LogP contribution in [0.2, 0.25) is 0 Å². The number of rotatable bonds is 2. The van der Waals surface area contributed by atoms with Crippen molar-refractivity contribution in [2.24, 2.45) is 0 Å². The second-order valence-electron chi connectivity index (χ2n) is 4.32. The summed E-state index contributed by atoms with van der Waals surface area (Å²) in [6.45, 7) is 0. The lowest BCUT2D eigenvalue weighted by Crippen LogP contribution is -1.85. The fourth-order valence-electron chi connectivity index (χ4n) is 2.23. The Bertz CT molecular complexity index is 939. The van der Waals surface area contributed by atoms with Crippen molar-refractivity contribution >= 4 is 77.3 Å². The van der Waals surface area contributed by atoms with E-state index in [1.54, 1.807) is 22.7 Å². The molecule has 3 heterocycles. The van der Waals surface area contributed by atoms with Gasteiger partial charge in [-0.3, -0.25) is 0 Å². The summed E-state index contributed by atoms with van der Waals surface area (Å²) in [6, 6.07) is 8.34. The third-order valence-electron chi connectivity index (χ3n) is 3.13. The number of fused-ring (bicyclic) bond motifs is 1. The van der Waals surface area contributed by atoms with E-state index in [4.69, 9.17) is 0 Å². The van der Waals surface area contributed by atoms with Gasteiger partial charge in [0.15, 0.2) is 0 Å². The SMILES string of the molecule is Brc1ccsc1-c1ccc2nsnc2c1-c1sccc1Br. The van der Waals surface area contributed by atoms with Crippen LogP contribution in [-0.4, -0.2) is 8.75 Å². The van der Waals surface area contributed by atoms with Crippen LogP contribution in [-0.2, 0) is 0 Å². The molecule has 0 aliphatic heterocycles. The first-order chi connectivity index (χ1) is 10.3. The quantitative estimate of drug-likeness (QED) is 0.335. The average molecular weight is 458 g/mol. The van der Waals surface area contributed by atoms with Crippen LogP contribution in [0.1, 0.15) is 0 Å². The summed E-state index contributed by atoms with van der Waals surface area (Å²) in [5.74, 6) is 0. The molecule has 0 bridgehead atoms. The molecule has 2 nitrogen and oxygen atoms in total. The van der Waals surface area contributed by atoms with Gasteiger partial charge in [0.2, 0.25) is 0 Å². The molecule has 104 valence electrons. The van der Waals surface area contributed by atoms with Crippen molar-refractivity contribution in [3.05, 3.63) is 44.0 Å². The van der Waals surface area contributed by atoms with Crippen LogP contribution in [0.3, 0.4) is 0 Å². The summed E-state index contributed by atoms with van der Waals surface area (Å²) >= 11 is 12.0. The molecule has 4 rings (SSSR count). The van der Waals surface area contributed by atoms with Crippen LogP contribution >= 0.6 is 66.3 Å².